The number of Topliss-reactive ketones (excluding diaryl/α,β-unsaturated/α-hetero) is 1. The van der Waals surface area contributed by atoms with Gasteiger partial charge in [-0.15, -0.1) is 0 Å². The Kier molecular flexibility index (Phi) is 4.66. The zero-order chi connectivity index (χ0) is 19.8. The molecule has 0 spiro atoms. The maximum Gasteiger partial charge on any atom is 0.295 e. The first kappa shape index (κ1) is 18.3. The summed E-state index contributed by atoms with van der Waals surface area (Å²) in [6, 6.07) is 10.3. The van der Waals surface area contributed by atoms with Gasteiger partial charge < -0.3 is 10.2 Å². The molecular weight excluding hydrogens is 366 g/mol. The van der Waals surface area contributed by atoms with Gasteiger partial charge in [0.05, 0.1) is 11.7 Å². The van der Waals surface area contributed by atoms with Crippen molar-refractivity contribution in [1.82, 2.24) is 5.32 Å². The number of aryl methyl sites for hydroxylation is 1. The predicted molar refractivity (Wildman–Crippen MR) is 97.5 cm³/mol. The highest BCUT2D eigenvalue weighted by Gasteiger charge is 2.45. The van der Waals surface area contributed by atoms with Gasteiger partial charge in [-0.2, -0.15) is 0 Å². The van der Waals surface area contributed by atoms with Crippen LogP contribution in [0.15, 0.2) is 42.5 Å². The molecule has 4 rings (SSSR count). The van der Waals surface area contributed by atoms with Gasteiger partial charge in [0.2, 0.25) is 11.7 Å². The molecule has 2 aromatic carbocycles. The summed E-state index contributed by atoms with van der Waals surface area (Å²) < 4.78 is 27.1. The number of carbonyl (C=O) groups is 3. The van der Waals surface area contributed by atoms with Crippen LogP contribution in [0.1, 0.15) is 30.0 Å². The van der Waals surface area contributed by atoms with E-state index in [0.717, 1.165) is 47.4 Å². The third kappa shape index (κ3) is 3.17. The Morgan fingerprint density at radius 3 is 2.68 bits per heavy atom. The zero-order valence-electron chi connectivity index (χ0n) is 15.0. The molecule has 2 amide bonds. The van der Waals surface area contributed by atoms with Crippen molar-refractivity contribution >= 4 is 23.3 Å². The number of benzene rings is 2. The van der Waals surface area contributed by atoms with Crippen LogP contribution >= 0.6 is 0 Å². The third-order valence-electron chi connectivity index (χ3n) is 5.34. The molecule has 1 saturated heterocycles. The van der Waals surface area contributed by atoms with Crippen molar-refractivity contribution in [2.45, 2.75) is 25.3 Å². The van der Waals surface area contributed by atoms with E-state index in [1.54, 1.807) is 0 Å². The molecule has 28 heavy (non-hydrogen) atoms. The first-order chi connectivity index (χ1) is 13.5. The molecule has 1 unspecified atom stereocenters. The molecule has 2 aromatic rings. The number of anilines is 1. The molecule has 0 radical (unpaired) electrons. The quantitative estimate of drug-likeness (QED) is 0.654. The summed E-state index contributed by atoms with van der Waals surface area (Å²) in [5.41, 5.74) is 1.96. The van der Waals surface area contributed by atoms with E-state index in [0.29, 0.717) is 6.07 Å². The van der Waals surface area contributed by atoms with Crippen LogP contribution < -0.4 is 10.2 Å². The van der Waals surface area contributed by atoms with Gasteiger partial charge in [-0.05, 0) is 42.5 Å². The maximum atomic E-state index is 14.0. The highest BCUT2D eigenvalue weighted by Crippen LogP contribution is 2.31. The molecule has 1 heterocycles. The summed E-state index contributed by atoms with van der Waals surface area (Å²) >= 11 is 0. The van der Waals surface area contributed by atoms with Gasteiger partial charge in [0.1, 0.15) is 17.6 Å². The molecule has 1 fully saturated rings. The Morgan fingerprint density at radius 1 is 1.11 bits per heavy atom. The summed E-state index contributed by atoms with van der Waals surface area (Å²) in [7, 11) is 0. The fourth-order valence-electron chi connectivity index (χ4n) is 3.92. The number of amides is 2. The SMILES string of the molecule is O=C(N[C@@H]1CCCc2ccccc21)C1CN(c2ccc(F)cc2F)C(=O)C1=O. The van der Waals surface area contributed by atoms with E-state index in [1.165, 1.54) is 0 Å². The van der Waals surface area contributed by atoms with Crippen LogP contribution in [0.3, 0.4) is 0 Å². The first-order valence-electron chi connectivity index (χ1n) is 9.14. The van der Waals surface area contributed by atoms with Gasteiger partial charge >= 0.3 is 0 Å². The number of nitrogens with zero attached hydrogens (tertiary/aromatic N) is 1. The number of ketones is 1. The van der Waals surface area contributed by atoms with Gasteiger partial charge in [0.15, 0.2) is 0 Å². The smallest absolute Gasteiger partial charge is 0.295 e. The van der Waals surface area contributed by atoms with Gasteiger partial charge in [-0.25, -0.2) is 8.78 Å². The molecule has 5 nitrogen and oxygen atoms in total. The Morgan fingerprint density at radius 2 is 1.89 bits per heavy atom. The van der Waals surface area contributed by atoms with Crippen molar-refractivity contribution in [3.63, 3.8) is 0 Å². The van der Waals surface area contributed by atoms with Crippen LogP contribution in [0, 0.1) is 17.6 Å². The number of halogens is 2. The molecule has 1 aliphatic heterocycles. The third-order valence-corrected chi connectivity index (χ3v) is 5.34. The molecule has 0 bridgehead atoms. The zero-order valence-corrected chi connectivity index (χ0v) is 15.0. The number of carbonyl (C=O) groups excluding carboxylic acids is 3. The van der Waals surface area contributed by atoms with E-state index in [-0.39, 0.29) is 18.3 Å². The summed E-state index contributed by atoms with van der Waals surface area (Å²) in [6.07, 6.45) is 2.58. The van der Waals surface area contributed by atoms with Crippen LogP contribution in [-0.2, 0) is 20.8 Å². The summed E-state index contributed by atoms with van der Waals surface area (Å²) in [5, 5.41) is 2.87. The number of hydrogen-bond donors (Lipinski definition) is 1. The first-order valence-corrected chi connectivity index (χ1v) is 9.14. The van der Waals surface area contributed by atoms with Crippen LogP contribution in [-0.4, -0.2) is 24.1 Å². The topological polar surface area (TPSA) is 66.5 Å². The van der Waals surface area contributed by atoms with Gasteiger partial charge in [-0.3, -0.25) is 14.4 Å². The lowest BCUT2D eigenvalue weighted by Crippen LogP contribution is -2.39. The van der Waals surface area contributed by atoms with E-state index in [9.17, 15) is 23.2 Å². The second-order valence-electron chi connectivity index (χ2n) is 7.08. The van der Waals surface area contributed by atoms with Crippen LogP contribution in [0.4, 0.5) is 14.5 Å². The van der Waals surface area contributed by atoms with Crippen molar-refractivity contribution < 1.29 is 23.2 Å². The lowest BCUT2D eigenvalue weighted by Gasteiger charge is -2.27. The molecular formula is C21H18F2N2O3. The van der Waals surface area contributed by atoms with Crippen molar-refractivity contribution in [2.24, 2.45) is 5.92 Å². The average Bonchev–Trinajstić information content (AvgIpc) is 2.97. The number of hydrogen-bond acceptors (Lipinski definition) is 3. The normalized spacial score (nSPS) is 21.6. The van der Waals surface area contributed by atoms with E-state index in [2.05, 4.69) is 5.32 Å². The lowest BCUT2D eigenvalue weighted by atomic mass is 9.87. The van der Waals surface area contributed by atoms with Crippen LogP contribution in [0.5, 0.6) is 0 Å². The summed E-state index contributed by atoms with van der Waals surface area (Å²) in [6.45, 7) is -0.263. The Balaban J connectivity index is 1.53. The minimum absolute atomic E-state index is 0.210. The maximum absolute atomic E-state index is 14.0. The molecule has 1 aliphatic carbocycles. The second-order valence-corrected chi connectivity index (χ2v) is 7.08. The van der Waals surface area contributed by atoms with E-state index >= 15 is 0 Å². The molecule has 2 aliphatic rings. The van der Waals surface area contributed by atoms with Gasteiger partial charge in [-0.1, -0.05) is 24.3 Å². The van der Waals surface area contributed by atoms with Crippen molar-refractivity contribution in [3.05, 3.63) is 65.2 Å². The molecule has 2 atom stereocenters. The van der Waals surface area contributed by atoms with E-state index in [4.69, 9.17) is 0 Å². The fraction of sp³-hybridized carbons (Fsp3) is 0.286. The van der Waals surface area contributed by atoms with Crippen molar-refractivity contribution in [1.29, 1.82) is 0 Å². The summed E-state index contributed by atoms with van der Waals surface area (Å²) in [4.78, 5) is 38.3. The van der Waals surface area contributed by atoms with Crippen LogP contribution in [0.2, 0.25) is 0 Å². The standard InChI is InChI=1S/C21H18F2N2O3/c22-13-8-9-18(16(23)10-13)25-11-15(19(26)21(25)28)20(27)24-17-7-3-5-12-4-1-2-6-14(12)17/h1-2,4,6,8-10,15,17H,3,5,7,11H2,(H,24,27)/t15?,17-/m1/s1. The Labute approximate surface area is 160 Å². The molecule has 7 heteroatoms. The van der Waals surface area contributed by atoms with E-state index in [1.807, 2.05) is 24.3 Å². The van der Waals surface area contributed by atoms with Gasteiger partial charge in [0.25, 0.3) is 5.91 Å². The number of nitrogens with one attached hydrogen (secondary N) is 1. The Bertz CT molecular complexity index is 976. The van der Waals surface area contributed by atoms with Crippen LogP contribution in [0.25, 0.3) is 0 Å². The molecule has 0 saturated carbocycles. The predicted octanol–water partition coefficient (Wildman–Crippen LogP) is 2.69. The minimum Gasteiger partial charge on any atom is -0.349 e. The number of rotatable bonds is 3. The Hall–Kier alpha value is -3.09. The van der Waals surface area contributed by atoms with E-state index < -0.39 is 35.1 Å². The second kappa shape index (κ2) is 7.14. The monoisotopic (exact) mass is 384 g/mol. The molecule has 0 aromatic heterocycles. The number of fused-ring (bicyclic) bond motifs is 1. The molecule has 144 valence electrons. The minimum atomic E-state index is -1.22. The van der Waals surface area contributed by atoms with Gasteiger partial charge in [0, 0.05) is 12.6 Å². The molecule has 1 N–H and O–H groups in total. The van der Waals surface area contributed by atoms with Crippen molar-refractivity contribution in [2.75, 3.05) is 11.4 Å². The highest BCUT2D eigenvalue weighted by molar-refractivity contribution is 6.47. The largest absolute Gasteiger partial charge is 0.349 e. The van der Waals surface area contributed by atoms with Crippen molar-refractivity contribution in [3.8, 4) is 0 Å². The fourth-order valence-corrected chi connectivity index (χ4v) is 3.92. The highest BCUT2D eigenvalue weighted by atomic mass is 19.1. The average molecular weight is 384 g/mol. The summed E-state index contributed by atoms with van der Waals surface area (Å²) in [5.74, 6) is -5.36. The lowest BCUT2D eigenvalue weighted by molar-refractivity contribution is -0.139.